The smallest absolute Gasteiger partial charge is 0.253 e. The molecule has 0 aromatic carbocycles. The van der Waals surface area contributed by atoms with Crippen LogP contribution in [0.4, 0.5) is 0 Å². The van der Waals surface area contributed by atoms with Crippen molar-refractivity contribution in [3.63, 3.8) is 0 Å². The molecule has 1 fully saturated rings. The molecule has 1 aromatic heterocycles. The Hall–Kier alpha value is -1.13. The summed E-state index contributed by atoms with van der Waals surface area (Å²) in [6, 6.07) is 1.63. The van der Waals surface area contributed by atoms with E-state index < -0.39 is 0 Å². The summed E-state index contributed by atoms with van der Waals surface area (Å²) in [6.45, 7) is 2.61. The first kappa shape index (κ1) is 14.3. The molecule has 104 valence electrons. The lowest BCUT2D eigenvalue weighted by Crippen LogP contribution is -2.59. The van der Waals surface area contributed by atoms with E-state index in [4.69, 9.17) is 17.3 Å². The summed E-state index contributed by atoms with van der Waals surface area (Å²) in [6.07, 6.45) is 7.39. The number of pyridine rings is 1. The van der Waals surface area contributed by atoms with Crippen LogP contribution < -0.4 is 11.1 Å². The van der Waals surface area contributed by atoms with Gasteiger partial charge in [-0.3, -0.25) is 9.78 Å². The minimum Gasteiger partial charge on any atom is -0.345 e. The Morgan fingerprint density at radius 3 is 3.05 bits per heavy atom. The first-order valence-corrected chi connectivity index (χ1v) is 7.09. The van der Waals surface area contributed by atoms with Crippen LogP contribution in [0.15, 0.2) is 18.5 Å². The molecule has 4 nitrogen and oxygen atoms in total. The highest BCUT2D eigenvalue weighted by Gasteiger charge is 2.38. The van der Waals surface area contributed by atoms with Crippen molar-refractivity contribution >= 4 is 17.5 Å². The quantitative estimate of drug-likeness (QED) is 0.894. The monoisotopic (exact) mass is 281 g/mol. The lowest BCUT2D eigenvalue weighted by Gasteiger charge is -2.42. The molecule has 2 rings (SSSR count). The number of aromatic nitrogens is 1. The molecular formula is C14H20ClN3O. The van der Waals surface area contributed by atoms with Crippen LogP contribution >= 0.6 is 11.6 Å². The van der Waals surface area contributed by atoms with Gasteiger partial charge in [0.2, 0.25) is 0 Å². The van der Waals surface area contributed by atoms with Gasteiger partial charge >= 0.3 is 0 Å². The Morgan fingerprint density at radius 1 is 1.63 bits per heavy atom. The van der Waals surface area contributed by atoms with Gasteiger partial charge in [-0.15, -0.1) is 0 Å². The van der Waals surface area contributed by atoms with E-state index in [1.54, 1.807) is 12.3 Å². The highest BCUT2D eigenvalue weighted by atomic mass is 35.5. The van der Waals surface area contributed by atoms with Crippen molar-refractivity contribution in [2.24, 2.45) is 11.7 Å². The fraction of sp³-hybridized carbons (Fsp3) is 0.571. The van der Waals surface area contributed by atoms with Crippen LogP contribution in [0.1, 0.15) is 43.0 Å². The van der Waals surface area contributed by atoms with Crippen molar-refractivity contribution in [3.8, 4) is 0 Å². The first-order chi connectivity index (χ1) is 9.09. The van der Waals surface area contributed by atoms with E-state index in [2.05, 4.69) is 17.2 Å². The van der Waals surface area contributed by atoms with Crippen LogP contribution in [0.3, 0.4) is 0 Å². The third-order valence-electron chi connectivity index (χ3n) is 4.20. The molecule has 19 heavy (non-hydrogen) atoms. The summed E-state index contributed by atoms with van der Waals surface area (Å²) in [5, 5.41) is 3.48. The van der Waals surface area contributed by atoms with Crippen molar-refractivity contribution in [2.45, 2.75) is 38.1 Å². The first-order valence-electron chi connectivity index (χ1n) is 6.71. The highest BCUT2D eigenvalue weighted by molar-refractivity contribution is 6.33. The summed E-state index contributed by atoms with van der Waals surface area (Å²) >= 11 is 6.01. The number of carbonyl (C=O) groups is 1. The van der Waals surface area contributed by atoms with E-state index in [-0.39, 0.29) is 11.4 Å². The topological polar surface area (TPSA) is 68.0 Å². The number of hydrogen-bond donors (Lipinski definition) is 2. The second kappa shape index (κ2) is 5.88. The second-order valence-electron chi connectivity index (χ2n) is 5.32. The van der Waals surface area contributed by atoms with Gasteiger partial charge in [-0.05, 0) is 24.8 Å². The van der Waals surface area contributed by atoms with E-state index in [9.17, 15) is 4.79 Å². The van der Waals surface area contributed by atoms with Gasteiger partial charge in [-0.2, -0.15) is 0 Å². The number of rotatable bonds is 3. The van der Waals surface area contributed by atoms with Gasteiger partial charge in [-0.1, -0.05) is 31.4 Å². The molecule has 1 saturated carbocycles. The van der Waals surface area contributed by atoms with E-state index in [0.29, 0.717) is 23.0 Å². The van der Waals surface area contributed by atoms with Gasteiger partial charge < -0.3 is 11.1 Å². The molecule has 5 heteroatoms. The van der Waals surface area contributed by atoms with E-state index in [1.165, 1.54) is 12.6 Å². The SMILES string of the molecule is CC1CCCCC1(CN)NC(=O)c1ccncc1Cl. The predicted octanol–water partition coefficient (Wildman–Crippen LogP) is 2.37. The fourth-order valence-electron chi connectivity index (χ4n) is 2.81. The molecule has 1 aliphatic rings. The van der Waals surface area contributed by atoms with Crippen molar-refractivity contribution in [3.05, 3.63) is 29.0 Å². The number of nitrogens with one attached hydrogen (secondary N) is 1. The van der Waals surface area contributed by atoms with Gasteiger partial charge in [0.1, 0.15) is 0 Å². The molecule has 0 bridgehead atoms. The number of halogens is 1. The zero-order chi connectivity index (χ0) is 13.9. The van der Waals surface area contributed by atoms with Crippen LogP contribution in [0.5, 0.6) is 0 Å². The summed E-state index contributed by atoms with van der Waals surface area (Å²) < 4.78 is 0. The second-order valence-corrected chi connectivity index (χ2v) is 5.72. The molecule has 3 N–H and O–H groups in total. The average molecular weight is 282 g/mol. The molecular weight excluding hydrogens is 262 g/mol. The summed E-state index contributed by atoms with van der Waals surface area (Å²) in [5.74, 6) is 0.224. The van der Waals surface area contributed by atoms with E-state index in [1.807, 2.05) is 0 Å². The zero-order valence-electron chi connectivity index (χ0n) is 11.2. The minimum absolute atomic E-state index is 0.161. The zero-order valence-corrected chi connectivity index (χ0v) is 11.9. The summed E-state index contributed by atoms with van der Waals surface area (Å²) in [4.78, 5) is 16.3. The Kier molecular flexibility index (Phi) is 4.42. The summed E-state index contributed by atoms with van der Waals surface area (Å²) in [5.41, 5.74) is 6.09. The lowest BCUT2D eigenvalue weighted by molar-refractivity contribution is 0.0813. The standard InChI is InChI=1S/C14H20ClN3O/c1-10-4-2-3-6-14(10,9-16)18-13(19)11-5-7-17-8-12(11)15/h5,7-8,10H,2-4,6,9,16H2,1H3,(H,18,19). The molecule has 2 unspecified atom stereocenters. The Bertz CT molecular complexity index is 466. The molecule has 1 aliphatic carbocycles. The number of amides is 1. The van der Waals surface area contributed by atoms with E-state index in [0.717, 1.165) is 19.3 Å². The number of nitrogens with zero attached hydrogens (tertiary/aromatic N) is 1. The predicted molar refractivity (Wildman–Crippen MR) is 76.1 cm³/mol. The fourth-order valence-corrected chi connectivity index (χ4v) is 3.01. The number of nitrogens with two attached hydrogens (primary N) is 1. The number of carbonyl (C=O) groups excluding carboxylic acids is 1. The Morgan fingerprint density at radius 2 is 2.42 bits per heavy atom. The Balaban J connectivity index is 2.19. The molecule has 0 aliphatic heterocycles. The largest absolute Gasteiger partial charge is 0.345 e. The average Bonchev–Trinajstić information content (AvgIpc) is 2.42. The van der Waals surface area contributed by atoms with Gasteiger partial charge in [0, 0.05) is 18.9 Å². The van der Waals surface area contributed by atoms with Crippen LogP contribution in [-0.2, 0) is 0 Å². The molecule has 0 spiro atoms. The molecule has 1 amide bonds. The van der Waals surface area contributed by atoms with Crippen molar-refractivity contribution < 1.29 is 4.79 Å². The third-order valence-corrected chi connectivity index (χ3v) is 4.50. The van der Waals surface area contributed by atoms with Crippen molar-refractivity contribution in [1.82, 2.24) is 10.3 Å². The Labute approximate surface area is 118 Å². The summed E-state index contributed by atoms with van der Waals surface area (Å²) in [7, 11) is 0. The van der Waals surface area contributed by atoms with Crippen LogP contribution in [0, 0.1) is 5.92 Å². The molecule has 2 atom stereocenters. The molecule has 1 heterocycles. The van der Waals surface area contributed by atoms with Crippen LogP contribution in [0.25, 0.3) is 0 Å². The van der Waals surface area contributed by atoms with Gasteiger partial charge in [0.15, 0.2) is 0 Å². The highest BCUT2D eigenvalue weighted by Crippen LogP contribution is 2.33. The molecule has 0 radical (unpaired) electrons. The normalized spacial score (nSPS) is 27.0. The maximum atomic E-state index is 12.4. The van der Waals surface area contributed by atoms with Gasteiger partial charge in [0.05, 0.1) is 16.1 Å². The lowest BCUT2D eigenvalue weighted by atomic mass is 9.73. The van der Waals surface area contributed by atoms with Gasteiger partial charge in [-0.25, -0.2) is 0 Å². The van der Waals surface area contributed by atoms with Crippen LogP contribution in [0.2, 0.25) is 5.02 Å². The maximum absolute atomic E-state index is 12.4. The maximum Gasteiger partial charge on any atom is 0.253 e. The minimum atomic E-state index is -0.304. The number of hydrogen-bond acceptors (Lipinski definition) is 3. The van der Waals surface area contributed by atoms with Crippen LogP contribution in [-0.4, -0.2) is 23.0 Å². The van der Waals surface area contributed by atoms with Crippen molar-refractivity contribution in [1.29, 1.82) is 0 Å². The molecule has 0 saturated heterocycles. The molecule has 1 aromatic rings. The van der Waals surface area contributed by atoms with Gasteiger partial charge in [0.25, 0.3) is 5.91 Å². The van der Waals surface area contributed by atoms with E-state index >= 15 is 0 Å². The third kappa shape index (κ3) is 2.90. The van der Waals surface area contributed by atoms with Crippen molar-refractivity contribution in [2.75, 3.05) is 6.54 Å².